The van der Waals surface area contributed by atoms with Crippen molar-refractivity contribution in [3.05, 3.63) is 108 Å². The van der Waals surface area contributed by atoms with Crippen LogP contribution in [0.3, 0.4) is 0 Å². The average Bonchev–Trinajstić information content (AvgIpc) is 3.75. The highest BCUT2D eigenvalue weighted by Gasteiger charge is 2.25. The van der Waals surface area contributed by atoms with Crippen molar-refractivity contribution < 1.29 is 0 Å². The first-order chi connectivity index (χ1) is 23.2. The van der Waals surface area contributed by atoms with Gasteiger partial charge in [0.25, 0.3) is 0 Å². The second-order valence-corrected chi connectivity index (χ2v) is 14.0. The summed E-state index contributed by atoms with van der Waals surface area (Å²) in [6, 6.07) is 0. The zero-order valence-electron chi connectivity index (χ0n) is 27.9. The molecule has 1 unspecified atom stereocenters. The number of allylic oxidation sites excluding steroid dienone is 9. The van der Waals surface area contributed by atoms with Crippen LogP contribution in [0.2, 0.25) is 0 Å². The third-order valence-electron chi connectivity index (χ3n) is 11.3. The van der Waals surface area contributed by atoms with E-state index in [1.165, 1.54) is 103 Å². The molecule has 3 aromatic heterocycles. The van der Waals surface area contributed by atoms with E-state index in [9.17, 15) is 0 Å². The maximum atomic E-state index is 2.70. The Bertz CT molecular complexity index is 2400. The summed E-state index contributed by atoms with van der Waals surface area (Å²) in [4.78, 5) is 0. The summed E-state index contributed by atoms with van der Waals surface area (Å²) < 4.78 is 7.86. The van der Waals surface area contributed by atoms with Gasteiger partial charge in [0.1, 0.15) is 0 Å². The van der Waals surface area contributed by atoms with Crippen LogP contribution < -0.4 is 32.1 Å². The summed E-state index contributed by atoms with van der Waals surface area (Å²) in [7, 11) is 0. The Hall–Kier alpha value is -4.50. The maximum absolute atomic E-state index is 2.70. The summed E-state index contributed by atoms with van der Waals surface area (Å²) >= 11 is 0. The van der Waals surface area contributed by atoms with Gasteiger partial charge in [-0.15, -0.1) is 0 Å². The number of fused-ring (bicyclic) bond motifs is 9. The zero-order valence-corrected chi connectivity index (χ0v) is 27.9. The molecule has 3 heterocycles. The van der Waals surface area contributed by atoms with Gasteiger partial charge in [0.05, 0.1) is 0 Å². The van der Waals surface area contributed by atoms with Gasteiger partial charge in [-0.05, 0) is 85.1 Å². The fraction of sp³-hybridized carbons (Fsp3) is 0.318. The smallest absolute Gasteiger partial charge is 0.0500 e. The molecule has 1 atom stereocenters. The molecule has 0 radical (unpaired) electrons. The lowest BCUT2D eigenvalue weighted by Gasteiger charge is -2.18. The average molecular weight is 616 g/mol. The van der Waals surface area contributed by atoms with Crippen LogP contribution in [0.15, 0.2) is 42.5 Å². The topological polar surface area (TPSA) is 14.8 Å². The molecule has 0 bridgehead atoms. The van der Waals surface area contributed by atoms with Crippen molar-refractivity contribution in [2.75, 3.05) is 0 Å². The maximum Gasteiger partial charge on any atom is 0.0500 e. The van der Waals surface area contributed by atoms with Crippen LogP contribution in [0, 0.1) is 5.92 Å². The molecule has 0 fully saturated rings. The molecule has 9 rings (SSSR count). The lowest BCUT2D eigenvalue weighted by Crippen LogP contribution is -2.34. The fourth-order valence-electron chi connectivity index (χ4n) is 8.96. The Morgan fingerprint density at radius 2 is 1.30 bits per heavy atom. The van der Waals surface area contributed by atoms with Crippen LogP contribution in [0.25, 0.3) is 66.1 Å². The molecule has 6 aliphatic carbocycles. The molecule has 0 saturated carbocycles. The third-order valence-corrected chi connectivity index (χ3v) is 11.3. The molecule has 47 heavy (non-hydrogen) atoms. The van der Waals surface area contributed by atoms with Crippen LogP contribution in [0.4, 0.5) is 0 Å². The quantitative estimate of drug-likeness (QED) is 0.316. The number of hydrogen-bond donors (Lipinski definition) is 0. The van der Waals surface area contributed by atoms with Crippen molar-refractivity contribution in [3.8, 4) is 0 Å². The largest absolute Gasteiger partial charge is 0.341 e. The van der Waals surface area contributed by atoms with E-state index in [-0.39, 0.29) is 0 Å². The van der Waals surface area contributed by atoms with E-state index < -0.39 is 0 Å². The van der Waals surface area contributed by atoms with Gasteiger partial charge in [0.15, 0.2) is 0 Å². The first-order valence-corrected chi connectivity index (χ1v) is 18.1. The SMILES string of the molecule is CCCCC(CC)Cn1c2c(c3c1=CC=C(n1c4c(c5c1=CC=CC5)C=CCC=4)C3)C=C(n1c3c(c4c1=CC=CC4)C=CCC=3)CC=2. The number of rotatable bonds is 8. The molecule has 3 heteroatoms. The van der Waals surface area contributed by atoms with Gasteiger partial charge in [-0.3, -0.25) is 0 Å². The first kappa shape index (κ1) is 28.7. The van der Waals surface area contributed by atoms with Gasteiger partial charge < -0.3 is 13.7 Å². The Balaban J connectivity index is 1.23. The number of nitrogens with zero attached hydrogens (tertiary/aromatic N) is 3. The van der Waals surface area contributed by atoms with Crippen molar-refractivity contribution in [2.24, 2.45) is 5.92 Å². The first-order valence-electron chi connectivity index (χ1n) is 18.1. The van der Waals surface area contributed by atoms with Crippen LogP contribution in [-0.4, -0.2) is 13.7 Å². The summed E-state index contributed by atoms with van der Waals surface area (Å²) in [5, 5.41) is 8.34. The summed E-state index contributed by atoms with van der Waals surface area (Å²) in [5.74, 6) is 0.700. The van der Waals surface area contributed by atoms with Crippen LogP contribution in [-0.2, 0) is 25.8 Å². The molecule has 0 spiro atoms. The zero-order chi connectivity index (χ0) is 31.5. The normalized spacial score (nSPS) is 18.3. The highest BCUT2D eigenvalue weighted by Crippen LogP contribution is 2.26. The highest BCUT2D eigenvalue weighted by atomic mass is 15.0. The predicted octanol–water partition coefficient (Wildman–Crippen LogP) is 5.55. The fourth-order valence-corrected chi connectivity index (χ4v) is 8.96. The molecule has 0 aromatic carbocycles. The number of aromatic nitrogens is 3. The van der Waals surface area contributed by atoms with Gasteiger partial charge in [-0.2, -0.15) is 0 Å². The van der Waals surface area contributed by atoms with Crippen molar-refractivity contribution in [3.63, 3.8) is 0 Å². The molecule has 0 aliphatic heterocycles. The second-order valence-electron chi connectivity index (χ2n) is 14.0. The molecule has 0 amide bonds. The Morgan fingerprint density at radius 3 is 1.96 bits per heavy atom. The van der Waals surface area contributed by atoms with E-state index in [0.717, 1.165) is 45.1 Å². The van der Waals surface area contributed by atoms with E-state index in [0.29, 0.717) is 5.92 Å². The third kappa shape index (κ3) is 4.53. The van der Waals surface area contributed by atoms with E-state index in [1.807, 2.05) is 0 Å². The lowest BCUT2D eigenvalue weighted by atomic mass is 9.98. The Kier molecular flexibility index (Phi) is 7.10. The van der Waals surface area contributed by atoms with Crippen LogP contribution in [0.1, 0.15) is 92.2 Å². The van der Waals surface area contributed by atoms with Crippen molar-refractivity contribution in [2.45, 2.75) is 84.6 Å². The Morgan fingerprint density at radius 1 is 0.617 bits per heavy atom. The molecular formula is C44H45N3. The van der Waals surface area contributed by atoms with Crippen molar-refractivity contribution >= 4 is 66.1 Å². The molecule has 3 nitrogen and oxygen atoms in total. The van der Waals surface area contributed by atoms with Gasteiger partial charge in [-0.1, -0.05) is 99.9 Å². The second kappa shape index (κ2) is 11.6. The monoisotopic (exact) mass is 615 g/mol. The standard InChI is InChI=1S/C44H45N3/c1-3-5-14-30(4-2)29-45-39-25-23-31(46-41-19-10-6-15-33(41)34-16-7-11-20-42(34)46)27-37(39)38-28-32(24-26-40(38)45)47-43-21-12-8-17-35(43)36-18-9-13-22-44(36)47/h6-10,12,16,18-23,25-26,28,30H,3-5,11,13-15,17,24,27,29H2,1-2H3. The summed E-state index contributed by atoms with van der Waals surface area (Å²) in [6.45, 7) is 5.81. The van der Waals surface area contributed by atoms with Crippen molar-refractivity contribution in [1.29, 1.82) is 0 Å². The minimum absolute atomic E-state index is 0.700. The predicted molar refractivity (Wildman–Crippen MR) is 201 cm³/mol. The van der Waals surface area contributed by atoms with Gasteiger partial charge in [-0.25, -0.2) is 0 Å². The van der Waals surface area contributed by atoms with E-state index >= 15 is 0 Å². The molecule has 6 aliphatic rings. The van der Waals surface area contributed by atoms with E-state index in [1.54, 1.807) is 0 Å². The molecule has 236 valence electrons. The van der Waals surface area contributed by atoms with Gasteiger partial charge in [0, 0.05) is 79.6 Å². The molecule has 0 N–H and O–H groups in total. The van der Waals surface area contributed by atoms with E-state index in [4.69, 9.17) is 0 Å². The number of hydrogen-bond acceptors (Lipinski definition) is 0. The van der Waals surface area contributed by atoms with Crippen LogP contribution >= 0.6 is 0 Å². The van der Waals surface area contributed by atoms with Gasteiger partial charge >= 0.3 is 0 Å². The lowest BCUT2D eigenvalue weighted by molar-refractivity contribution is 0.383. The van der Waals surface area contributed by atoms with Gasteiger partial charge in [0.2, 0.25) is 0 Å². The molecular weight excluding hydrogens is 571 g/mol. The van der Waals surface area contributed by atoms with Crippen LogP contribution in [0.5, 0.6) is 0 Å². The summed E-state index contributed by atoms with van der Waals surface area (Å²) in [6.07, 6.45) is 49.0. The van der Waals surface area contributed by atoms with E-state index in [2.05, 4.69) is 125 Å². The minimum atomic E-state index is 0.700. The minimum Gasteiger partial charge on any atom is -0.341 e. The highest BCUT2D eigenvalue weighted by molar-refractivity contribution is 5.83. The molecule has 0 saturated heterocycles. The van der Waals surface area contributed by atoms with Crippen molar-refractivity contribution in [1.82, 2.24) is 13.7 Å². The summed E-state index contributed by atoms with van der Waals surface area (Å²) in [5.41, 5.74) is 11.5. The molecule has 3 aromatic rings. The Labute approximate surface area is 277 Å². The number of unbranched alkanes of at least 4 members (excludes halogenated alkanes) is 1.